The van der Waals surface area contributed by atoms with Crippen LogP contribution in [-0.4, -0.2) is 124 Å². The van der Waals surface area contributed by atoms with Gasteiger partial charge < -0.3 is 24.8 Å². The van der Waals surface area contributed by atoms with Crippen LogP contribution in [0, 0.1) is 27.4 Å². The van der Waals surface area contributed by atoms with Gasteiger partial charge in [0.25, 0.3) is 15.9 Å². The Morgan fingerprint density at radius 2 is 1.78 bits per heavy atom. The van der Waals surface area contributed by atoms with E-state index in [1.807, 2.05) is 12.1 Å². The number of hydrogen-bond donors (Lipinski definition) is 3. The maximum Gasteiger partial charge on any atom is 0.312 e. The Bertz CT molecular complexity index is 3000. The SMILES string of the molecule is CCN1CCS(=O)(=NC2CCC(CNc3ncc(S(=O)(=O)NC(=O)c4ccc(N5CCC6(CC5)CC(N5CCC[C@H]5C5=C(C7CC7)C=CCC5)C6)cc4Oc4cnc5[nH]ccc5c4)cc3[N+](=O)[O-])CC2)CC1. The number of pyridine rings is 2. The minimum absolute atomic E-state index is 0.0302. The molecule has 0 bridgehead atoms. The van der Waals surface area contributed by atoms with Gasteiger partial charge in [-0.1, -0.05) is 19.1 Å². The summed E-state index contributed by atoms with van der Waals surface area (Å²) in [5.41, 5.74) is 4.69. The highest BCUT2D eigenvalue weighted by Crippen LogP contribution is 2.54. The van der Waals surface area contributed by atoms with Crippen molar-refractivity contribution < 1.29 is 27.1 Å². The number of anilines is 2. The van der Waals surface area contributed by atoms with E-state index in [-0.39, 0.29) is 29.1 Å². The molecule has 3 saturated heterocycles. The molecular formula is C53H68N10O7S2. The zero-order chi connectivity index (χ0) is 49.6. The number of hydrogen-bond acceptors (Lipinski definition) is 14. The van der Waals surface area contributed by atoms with Gasteiger partial charge in [-0.25, -0.2) is 31.7 Å². The number of aromatic amines is 1. The summed E-state index contributed by atoms with van der Waals surface area (Å²) in [4.78, 5) is 44.4. The van der Waals surface area contributed by atoms with Crippen molar-refractivity contribution in [3.8, 4) is 11.5 Å². The standard InChI is InChI=1S/C53H68N10O7S2/c1-2-60-24-26-71(67,27-25-60)58-39-13-9-36(10-14-39)33-55-51-48(63(65)66)30-43(35-57-51)72(68,69)59-52(64)46-16-15-40(29-49(46)70-42-28-38-17-20-54-50(38)56-34-42)61-22-18-53(19-23-61)31-41(32-53)62-21-5-8-47(62)45-7-4-3-6-44(45)37-11-12-37/h3,6,15-17,20,28-30,34-37,39,41,47H,2,4-5,7-14,18-19,21-27,31-33H2,1H3,(H,54,56)(H,55,57)(H,59,64)/t36?,39?,47-/m0/s1. The number of carbonyl (C=O) groups is 1. The molecule has 6 fully saturated rings. The summed E-state index contributed by atoms with van der Waals surface area (Å²) in [6.45, 7) is 7.98. The third-order valence-corrected chi connectivity index (χ3v) is 20.6. The Hall–Kier alpha value is -5.37. The summed E-state index contributed by atoms with van der Waals surface area (Å²) >= 11 is 0. The van der Waals surface area contributed by atoms with E-state index in [1.54, 1.807) is 41.7 Å². The van der Waals surface area contributed by atoms with E-state index >= 15 is 0 Å². The summed E-state index contributed by atoms with van der Waals surface area (Å²) in [6, 6.07) is 11.0. The molecule has 1 amide bonds. The van der Waals surface area contributed by atoms with E-state index in [1.165, 1.54) is 57.9 Å². The highest BCUT2D eigenvalue weighted by Gasteiger charge is 2.50. The molecular weight excluding hydrogens is 953 g/mol. The van der Waals surface area contributed by atoms with E-state index in [4.69, 9.17) is 9.10 Å². The minimum Gasteiger partial charge on any atom is -0.455 e. The fourth-order valence-corrected chi connectivity index (χ4v) is 15.8. The Kier molecular flexibility index (Phi) is 13.7. The maximum atomic E-state index is 14.1. The molecule has 6 heterocycles. The first-order valence-electron chi connectivity index (χ1n) is 26.4. The molecule has 384 valence electrons. The van der Waals surface area contributed by atoms with Crippen molar-refractivity contribution in [1.82, 2.24) is 29.5 Å². The molecule has 17 nitrogen and oxygen atoms in total. The summed E-state index contributed by atoms with van der Waals surface area (Å²) in [6.07, 6.45) is 24.6. The number of carbonyl (C=O) groups excluding carboxylic acids is 1. The molecule has 11 rings (SSSR count). The molecule has 3 aliphatic heterocycles. The number of nitrogens with zero attached hydrogens (tertiary/aromatic N) is 7. The van der Waals surface area contributed by atoms with Gasteiger partial charge in [0.2, 0.25) is 5.82 Å². The maximum absolute atomic E-state index is 14.1. The predicted molar refractivity (Wildman–Crippen MR) is 280 cm³/mol. The van der Waals surface area contributed by atoms with Gasteiger partial charge in [0, 0.05) is 95.4 Å². The van der Waals surface area contributed by atoms with Crippen LogP contribution < -0.4 is 19.7 Å². The van der Waals surface area contributed by atoms with E-state index in [9.17, 15) is 27.5 Å². The normalized spacial score (nSPS) is 24.8. The lowest BCUT2D eigenvalue weighted by atomic mass is 9.59. The Labute approximate surface area is 423 Å². The van der Waals surface area contributed by atoms with E-state index in [2.05, 4.69) is 58.8 Å². The minimum atomic E-state index is -4.64. The van der Waals surface area contributed by atoms with Crippen molar-refractivity contribution in [1.29, 1.82) is 0 Å². The second-order valence-corrected chi connectivity index (χ2v) is 25.8. The Balaban J connectivity index is 0.745. The second kappa shape index (κ2) is 20.2. The predicted octanol–water partition coefficient (Wildman–Crippen LogP) is 8.82. The molecule has 0 radical (unpaired) electrons. The molecule has 3 N–H and O–H groups in total. The van der Waals surface area contributed by atoms with Crippen LogP contribution in [0.1, 0.15) is 107 Å². The molecule has 3 saturated carbocycles. The van der Waals surface area contributed by atoms with Crippen LogP contribution >= 0.6 is 0 Å². The number of fused-ring (bicyclic) bond motifs is 1. The lowest BCUT2D eigenvalue weighted by Gasteiger charge is -2.56. The molecule has 1 atom stereocenters. The highest BCUT2D eigenvalue weighted by molar-refractivity contribution is 7.93. The molecule has 7 aliphatic rings. The van der Waals surface area contributed by atoms with Crippen molar-refractivity contribution in [2.45, 2.75) is 120 Å². The van der Waals surface area contributed by atoms with Gasteiger partial charge in [-0.05, 0) is 156 Å². The molecule has 19 heteroatoms. The van der Waals surface area contributed by atoms with E-state index in [0.29, 0.717) is 46.9 Å². The van der Waals surface area contributed by atoms with Crippen molar-refractivity contribution in [2.75, 3.05) is 67.5 Å². The van der Waals surface area contributed by atoms with Gasteiger partial charge in [0.15, 0.2) is 0 Å². The number of nitro groups is 1. The van der Waals surface area contributed by atoms with E-state index in [0.717, 1.165) is 101 Å². The second-order valence-electron chi connectivity index (χ2n) is 21.5. The van der Waals surface area contributed by atoms with Gasteiger partial charge in [0.05, 0.1) is 28.9 Å². The molecule has 0 unspecified atom stereocenters. The first-order valence-corrected chi connectivity index (χ1v) is 29.7. The monoisotopic (exact) mass is 1020 g/mol. The fourth-order valence-electron chi connectivity index (χ4n) is 12.6. The average molecular weight is 1020 g/mol. The van der Waals surface area contributed by atoms with Gasteiger partial charge in [0.1, 0.15) is 22.0 Å². The first kappa shape index (κ1) is 48.9. The molecule has 1 spiro atoms. The number of rotatable bonds is 15. The molecule has 4 aromatic rings. The van der Waals surface area contributed by atoms with Crippen LogP contribution in [0.5, 0.6) is 11.5 Å². The lowest BCUT2D eigenvalue weighted by Crippen LogP contribution is -2.56. The molecule has 3 aromatic heterocycles. The number of amides is 1. The van der Waals surface area contributed by atoms with Crippen LogP contribution in [-0.2, 0) is 19.8 Å². The zero-order valence-electron chi connectivity index (χ0n) is 41.3. The van der Waals surface area contributed by atoms with Crippen LogP contribution in [0.15, 0.2) is 87.5 Å². The summed E-state index contributed by atoms with van der Waals surface area (Å²) in [5, 5.41) is 16.2. The van der Waals surface area contributed by atoms with Crippen LogP contribution in [0.2, 0.25) is 0 Å². The van der Waals surface area contributed by atoms with E-state index < -0.39 is 41.2 Å². The number of benzene rings is 1. The van der Waals surface area contributed by atoms with Crippen molar-refractivity contribution in [2.24, 2.45) is 21.6 Å². The summed E-state index contributed by atoms with van der Waals surface area (Å²) in [5.74, 6) is 1.68. The van der Waals surface area contributed by atoms with Gasteiger partial charge >= 0.3 is 5.69 Å². The number of piperidine rings is 1. The topological polar surface area (TPSA) is 208 Å². The van der Waals surface area contributed by atoms with Gasteiger partial charge in [-0.2, -0.15) is 0 Å². The number of allylic oxidation sites excluding steroid dienone is 3. The Morgan fingerprint density at radius 1 is 0.986 bits per heavy atom. The number of ether oxygens (including phenoxy) is 1. The smallest absolute Gasteiger partial charge is 0.312 e. The highest BCUT2D eigenvalue weighted by atomic mass is 32.2. The number of H-pyrrole nitrogens is 1. The lowest BCUT2D eigenvalue weighted by molar-refractivity contribution is -0.384. The summed E-state index contributed by atoms with van der Waals surface area (Å²) < 4.78 is 54.5. The summed E-state index contributed by atoms with van der Waals surface area (Å²) in [7, 11) is -6.85. The molecule has 1 aromatic carbocycles. The third-order valence-electron chi connectivity index (χ3n) is 17.0. The van der Waals surface area contributed by atoms with Crippen molar-refractivity contribution in [3.05, 3.63) is 94.0 Å². The zero-order valence-corrected chi connectivity index (χ0v) is 42.9. The number of nitrogens with one attached hydrogen (secondary N) is 3. The number of aromatic nitrogens is 3. The van der Waals surface area contributed by atoms with Gasteiger partial charge in [-0.15, -0.1) is 0 Å². The van der Waals surface area contributed by atoms with Crippen molar-refractivity contribution in [3.63, 3.8) is 0 Å². The first-order chi connectivity index (χ1) is 34.8. The van der Waals surface area contributed by atoms with Crippen molar-refractivity contribution >= 4 is 53.9 Å². The Morgan fingerprint density at radius 3 is 2.53 bits per heavy atom. The molecule has 72 heavy (non-hydrogen) atoms. The average Bonchev–Trinajstić information content (AvgIpc) is 3.92. The van der Waals surface area contributed by atoms with Crippen LogP contribution in [0.3, 0.4) is 0 Å². The number of likely N-dealkylation sites (tertiary alicyclic amines) is 1. The van der Waals surface area contributed by atoms with Gasteiger partial charge in [-0.3, -0.25) is 19.8 Å². The largest absolute Gasteiger partial charge is 0.455 e. The van der Waals surface area contributed by atoms with Crippen LogP contribution in [0.25, 0.3) is 11.0 Å². The number of sulfonamides is 1. The third kappa shape index (κ3) is 10.4. The van der Waals surface area contributed by atoms with Crippen LogP contribution in [0.4, 0.5) is 17.2 Å². The fraction of sp³-hybridized carbons (Fsp3) is 0.566. The molecule has 4 aliphatic carbocycles. The quantitative estimate of drug-likeness (QED) is 0.0752.